The summed E-state index contributed by atoms with van der Waals surface area (Å²) in [7, 11) is 0. The maximum absolute atomic E-state index is 4.73. The van der Waals surface area contributed by atoms with Gasteiger partial charge < -0.3 is 13.7 Å². The Hall–Kier alpha value is -5.23. The Morgan fingerprint density at radius 2 is 1.17 bits per heavy atom. The van der Waals surface area contributed by atoms with Crippen molar-refractivity contribution < 1.29 is 40.2 Å². The molecule has 6 nitrogen and oxygen atoms in total. The van der Waals surface area contributed by atoms with Crippen molar-refractivity contribution in [2.75, 3.05) is 0 Å². The molecule has 0 amide bonds. The molecule has 0 atom stereocenters. The standard InChI is InChI=1S/C29H23N4.C15H11N2.2Ir/c1-19-16-20(2)28(21(3)17-19)32-15-14-31-29(32)22-11-12-25-24(18-22)27-26(10-7-13-30-27)33(25)23-8-5-4-6-9-23;1-3-7-13(8-4-1)15-16-11-12-17(15)14-9-5-2-6-10-14;;/h4-10,12-18H,1-3H3;1-7,9-12H;;/q2*-1;;. The molecule has 4 aromatic heterocycles. The van der Waals surface area contributed by atoms with Crippen LogP contribution < -0.4 is 0 Å². The van der Waals surface area contributed by atoms with Crippen LogP contribution in [0.5, 0.6) is 0 Å². The molecular weight excluding hydrogens is 997 g/mol. The number of hydrogen-bond donors (Lipinski definition) is 0. The first-order chi connectivity index (χ1) is 24.6. The van der Waals surface area contributed by atoms with Crippen LogP contribution in [0.25, 0.3) is 61.8 Å². The third-order valence-electron chi connectivity index (χ3n) is 8.85. The van der Waals surface area contributed by atoms with Crippen LogP contribution in [0, 0.1) is 32.9 Å². The molecule has 4 heterocycles. The molecule has 2 radical (unpaired) electrons. The van der Waals surface area contributed by atoms with Crippen molar-refractivity contribution in [3.63, 3.8) is 0 Å². The van der Waals surface area contributed by atoms with Crippen LogP contribution in [0.3, 0.4) is 0 Å². The van der Waals surface area contributed by atoms with Crippen molar-refractivity contribution in [3.05, 3.63) is 181 Å². The third kappa shape index (κ3) is 6.99. The number of benzene rings is 5. The number of imidazole rings is 2. The number of aromatic nitrogens is 6. The molecule has 0 aliphatic rings. The average molecular weight is 1030 g/mol. The van der Waals surface area contributed by atoms with Crippen molar-refractivity contribution in [3.8, 4) is 39.8 Å². The Morgan fingerprint density at radius 3 is 1.85 bits per heavy atom. The smallest absolute Gasteiger partial charge is 0.0771 e. The Labute approximate surface area is 330 Å². The van der Waals surface area contributed by atoms with Gasteiger partial charge in [0.2, 0.25) is 0 Å². The summed E-state index contributed by atoms with van der Waals surface area (Å²) < 4.78 is 6.48. The van der Waals surface area contributed by atoms with Gasteiger partial charge in [0, 0.05) is 88.3 Å². The van der Waals surface area contributed by atoms with E-state index in [2.05, 4.69) is 118 Å². The minimum atomic E-state index is 0. The second-order valence-electron chi connectivity index (χ2n) is 12.3. The Morgan fingerprint density at radius 1 is 0.538 bits per heavy atom. The SMILES string of the molecule is Cc1cc(C)c(-n2ccnc2-c2[c-]cc3c(c2)c2ncccc2n3-c2ccccc2)c(C)c1.[Ir].[Ir].[c-]1ccccc1-c1nccn1-c1ccccc1. The predicted octanol–water partition coefficient (Wildman–Crippen LogP) is 10.1. The maximum atomic E-state index is 4.73. The molecule has 0 N–H and O–H groups in total. The van der Waals surface area contributed by atoms with Crippen molar-refractivity contribution >= 4 is 21.9 Å². The van der Waals surface area contributed by atoms with Gasteiger partial charge in [0.1, 0.15) is 0 Å². The molecule has 0 spiro atoms. The summed E-state index contributed by atoms with van der Waals surface area (Å²) in [6, 6.07) is 47.9. The number of aryl methyl sites for hydroxylation is 3. The molecular formula is C44H34Ir2N6-2. The van der Waals surface area contributed by atoms with Crippen LogP contribution in [0.4, 0.5) is 0 Å². The molecule has 260 valence electrons. The van der Waals surface area contributed by atoms with E-state index in [-0.39, 0.29) is 40.2 Å². The zero-order chi connectivity index (χ0) is 34.0. The van der Waals surface area contributed by atoms with Gasteiger partial charge in [-0.05, 0) is 73.8 Å². The van der Waals surface area contributed by atoms with E-state index in [4.69, 9.17) is 9.97 Å². The molecule has 9 aromatic rings. The van der Waals surface area contributed by atoms with Crippen molar-refractivity contribution in [2.45, 2.75) is 20.8 Å². The van der Waals surface area contributed by atoms with Crippen LogP contribution >= 0.6 is 0 Å². The van der Waals surface area contributed by atoms with Crippen molar-refractivity contribution in [1.29, 1.82) is 0 Å². The summed E-state index contributed by atoms with van der Waals surface area (Å²) in [5, 5.41) is 1.09. The average Bonchev–Trinajstić information content (AvgIpc) is 3.91. The fourth-order valence-electron chi connectivity index (χ4n) is 6.82. The molecule has 0 fully saturated rings. The topological polar surface area (TPSA) is 53.5 Å². The summed E-state index contributed by atoms with van der Waals surface area (Å²) in [4.78, 5) is 13.9. The van der Waals surface area contributed by atoms with E-state index in [0.717, 1.165) is 56.1 Å². The van der Waals surface area contributed by atoms with Crippen molar-refractivity contribution in [2.24, 2.45) is 0 Å². The van der Waals surface area contributed by atoms with Crippen LogP contribution in [0.2, 0.25) is 0 Å². The van der Waals surface area contributed by atoms with E-state index in [1.54, 1.807) is 0 Å². The fraction of sp³-hybridized carbons (Fsp3) is 0.0682. The van der Waals surface area contributed by atoms with Gasteiger partial charge >= 0.3 is 0 Å². The van der Waals surface area contributed by atoms with Gasteiger partial charge in [0.25, 0.3) is 0 Å². The molecule has 0 bridgehead atoms. The summed E-state index contributed by atoms with van der Waals surface area (Å²) in [6.45, 7) is 6.45. The van der Waals surface area contributed by atoms with Gasteiger partial charge in [-0.25, -0.2) is 0 Å². The van der Waals surface area contributed by atoms with Gasteiger partial charge in [0.05, 0.1) is 22.7 Å². The first-order valence-electron chi connectivity index (χ1n) is 16.6. The number of rotatable bonds is 5. The minimum absolute atomic E-state index is 0. The summed E-state index contributed by atoms with van der Waals surface area (Å²) in [5.74, 6) is 1.79. The van der Waals surface area contributed by atoms with Gasteiger partial charge in [-0.1, -0.05) is 59.5 Å². The Bertz CT molecular complexity index is 2490. The fourth-order valence-corrected chi connectivity index (χ4v) is 6.82. The van der Waals surface area contributed by atoms with E-state index in [1.165, 1.54) is 22.4 Å². The molecule has 0 aliphatic heterocycles. The van der Waals surface area contributed by atoms with Crippen LogP contribution in [-0.4, -0.2) is 28.7 Å². The molecule has 0 saturated carbocycles. The van der Waals surface area contributed by atoms with E-state index < -0.39 is 0 Å². The van der Waals surface area contributed by atoms with Gasteiger partial charge in [-0.3, -0.25) is 15.0 Å². The quantitative estimate of drug-likeness (QED) is 0.162. The molecule has 0 aliphatic carbocycles. The summed E-state index contributed by atoms with van der Waals surface area (Å²) >= 11 is 0. The summed E-state index contributed by atoms with van der Waals surface area (Å²) in [5.41, 5.74) is 12.2. The number of para-hydroxylation sites is 2. The number of nitrogens with zero attached hydrogens (tertiary/aromatic N) is 6. The molecule has 52 heavy (non-hydrogen) atoms. The zero-order valence-electron chi connectivity index (χ0n) is 28.8. The summed E-state index contributed by atoms with van der Waals surface area (Å²) in [6.07, 6.45) is 9.52. The largest absolute Gasteiger partial charge is 0.349 e. The molecule has 9 rings (SSSR count). The van der Waals surface area contributed by atoms with Gasteiger partial charge in [-0.2, -0.15) is 0 Å². The van der Waals surface area contributed by atoms with E-state index in [1.807, 2.05) is 85.6 Å². The minimum Gasteiger partial charge on any atom is -0.349 e. The van der Waals surface area contributed by atoms with Crippen molar-refractivity contribution in [1.82, 2.24) is 28.7 Å². The molecule has 0 saturated heterocycles. The van der Waals surface area contributed by atoms with E-state index >= 15 is 0 Å². The Kier molecular flexibility index (Phi) is 11.2. The number of hydrogen-bond acceptors (Lipinski definition) is 3. The van der Waals surface area contributed by atoms with Crippen LogP contribution in [-0.2, 0) is 40.2 Å². The molecule has 0 unspecified atom stereocenters. The second-order valence-corrected chi connectivity index (χ2v) is 12.3. The van der Waals surface area contributed by atoms with Crippen LogP contribution in [0.1, 0.15) is 16.7 Å². The monoisotopic (exact) mass is 1030 g/mol. The van der Waals surface area contributed by atoms with Gasteiger partial charge in [-0.15, -0.1) is 59.7 Å². The zero-order valence-corrected chi connectivity index (χ0v) is 33.6. The maximum Gasteiger partial charge on any atom is 0.0771 e. The van der Waals surface area contributed by atoms with E-state index in [0.29, 0.717) is 0 Å². The first kappa shape index (κ1) is 36.6. The first-order valence-corrected chi connectivity index (χ1v) is 16.6. The second kappa shape index (κ2) is 16.0. The molecule has 8 heteroatoms. The van der Waals surface area contributed by atoms with Gasteiger partial charge in [0.15, 0.2) is 0 Å². The Balaban J connectivity index is 0.000000207. The third-order valence-corrected chi connectivity index (χ3v) is 8.85. The number of pyridine rings is 1. The molecule has 5 aromatic carbocycles. The van der Waals surface area contributed by atoms with E-state index in [9.17, 15) is 0 Å². The normalized spacial score (nSPS) is 10.7. The van der Waals surface area contributed by atoms with Crippen LogP contribution in [0.15, 0.2) is 152 Å². The predicted molar refractivity (Wildman–Crippen MR) is 202 cm³/mol. The number of fused-ring (bicyclic) bond motifs is 3.